The van der Waals surface area contributed by atoms with E-state index in [-0.39, 0.29) is 5.78 Å². The van der Waals surface area contributed by atoms with Crippen molar-refractivity contribution >= 4 is 5.78 Å². The van der Waals surface area contributed by atoms with Crippen LogP contribution in [0.1, 0.15) is 47.0 Å². The number of hydrogen-bond acceptors (Lipinski definition) is 3. The predicted octanol–water partition coefficient (Wildman–Crippen LogP) is 2.51. The van der Waals surface area contributed by atoms with Crippen LogP contribution >= 0.6 is 0 Å². The van der Waals surface area contributed by atoms with Gasteiger partial charge in [-0.05, 0) is 47.0 Å². The van der Waals surface area contributed by atoms with Gasteiger partial charge in [-0.2, -0.15) is 0 Å². The Morgan fingerprint density at radius 1 is 1.06 bits per heavy atom. The summed E-state index contributed by atoms with van der Waals surface area (Å²) in [6.07, 6.45) is 5.79. The highest BCUT2D eigenvalue weighted by molar-refractivity contribution is 6.05. The van der Waals surface area contributed by atoms with E-state index >= 15 is 0 Å². The maximum Gasteiger partial charge on any atom is 0.194 e. The molecule has 0 unspecified atom stereocenters. The Morgan fingerprint density at radius 3 is 2.12 bits per heavy atom. The SMILES string of the molecule is CC1(C)OC(C)(C)C(=CN2CCCCC2)C1=O. The van der Waals surface area contributed by atoms with Gasteiger partial charge in [0, 0.05) is 24.9 Å². The van der Waals surface area contributed by atoms with Crippen LogP contribution in [0.15, 0.2) is 11.8 Å². The highest BCUT2D eigenvalue weighted by Gasteiger charge is 2.49. The van der Waals surface area contributed by atoms with E-state index in [0.717, 1.165) is 18.7 Å². The predicted molar refractivity (Wildman–Crippen MR) is 67.8 cm³/mol. The molecule has 2 fully saturated rings. The Labute approximate surface area is 104 Å². The number of rotatable bonds is 1. The molecule has 96 valence electrons. The second-order valence-electron chi connectivity index (χ2n) is 6.09. The normalized spacial score (nSPS) is 30.0. The lowest BCUT2D eigenvalue weighted by molar-refractivity contribution is -0.132. The van der Waals surface area contributed by atoms with Crippen molar-refractivity contribution in [1.29, 1.82) is 0 Å². The largest absolute Gasteiger partial charge is 0.377 e. The Morgan fingerprint density at radius 2 is 1.65 bits per heavy atom. The lowest BCUT2D eigenvalue weighted by atomic mass is 9.93. The van der Waals surface area contributed by atoms with Crippen LogP contribution < -0.4 is 0 Å². The standard InChI is InChI=1S/C14H23NO2/c1-13(2)11(12(16)14(3,4)17-13)10-15-8-6-5-7-9-15/h10H,5-9H2,1-4H3. The number of Topliss-reactive ketones (excluding diaryl/α,β-unsaturated/α-hetero) is 1. The van der Waals surface area contributed by atoms with Crippen LogP contribution in [0.25, 0.3) is 0 Å². The molecule has 0 N–H and O–H groups in total. The monoisotopic (exact) mass is 237 g/mol. The minimum absolute atomic E-state index is 0.132. The summed E-state index contributed by atoms with van der Waals surface area (Å²) in [7, 11) is 0. The summed E-state index contributed by atoms with van der Waals surface area (Å²) in [4.78, 5) is 14.6. The van der Waals surface area contributed by atoms with E-state index in [0.29, 0.717) is 0 Å². The second kappa shape index (κ2) is 4.13. The molecule has 0 aromatic rings. The number of carbonyl (C=O) groups excluding carboxylic acids is 1. The van der Waals surface area contributed by atoms with Gasteiger partial charge in [0.1, 0.15) is 5.60 Å². The lowest BCUT2D eigenvalue weighted by Gasteiger charge is -2.27. The van der Waals surface area contributed by atoms with Crippen LogP contribution in [0.3, 0.4) is 0 Å². The summed E-state index contributed by atoms with van der Waals surface area (Å²) < 4.78 is 5.86. The number of carbonyl (C=O) groups is 1. The first-order valence-corrected chi connectivity index (χ1v) is 6.54. The average molecular weight is 237 g/mol. The van der Waals surface area contributed by atoms with Gasteiger partial charge in [-0.1, -0.05) is 0 Å². The number of piperidine rings is 1. The van der Waals surface area contributed by atoms with Crippen LogP contribution in [0.4, 0.5) is 0 Å². The Balaban J connectivity index is 2.23. The fourth-order valence-corrected chi connectivity index (χ4v) is 2.78. The minimum atomic E-state index is -0.675. The van der Waals surface area contributed by atoms with Gasteiger partial charge in [0.25, 0.3) is 0 Å². The van der Waals surface area contributed by atoms with Gasteiger partial charge in [0.2, 0.25) is 0 Å². The molecular formula is C14H23NO2. The van der Waals surface area contributed by atoms with E-state index < -0.39 is 11.2 Å². The number of hydrogen-bond donors (Lipinski definition) is 0. The third kappa shape index (κ3) is 2.39. The molecule has 0 aromatic carbocycles. The summed E-state index contributed by atoms with van der Waals surface area (Å²) in [5, 5.41) is 0. The first-order chi connectivity index (χ1) is 7.83. The highest BCUT2D eigenvalue weighted by atomic mass is 16.5. The molecule has 3 heteroatoms. The number of ketones is 1. The zero-order valence-electron chi connectivity index (χ0n) is 11.4. The van der Waals surface area contributed by atoms with Gasteiger partial charge in [-0.15, -0.1) is 0 Å². The van der Waals surface area contributed by atoms with Crippen molar-refractivity contribution in [3.05, 3.63) is 11.8 Å². The molecular weight excluding hydrogens is 214 g/mol. The molecule has 0 aliphatic carbocycles. The topological polar surface area (TPSA) is 29.5 Å². The van der Waals surface area contributed by atoms with Crippen molar-refractivity contribution < 1.29 is 9.53 Å². The van der Waals surface area contributed by atoms with Crippen molar-refractivity contribution in [2.75, 3.05) is 13.1 Å². The van der Waals surface area contributed by atoms with Gasteiger partial charge >= 0.3 is 0 Å². The summed E-state index contributed by atoms with van der Waals surface area (Å²) in [5.41, 5.74) is -0.312. The number of nitrogens with zero attached hydrogens (tertiary/aromatic N) is 1. The van der Waals surface area contributed by atoms with E-state index in [1.165, 1.54) is 19.3 Å². The zero-order valence-corrected chi connectivity index (χ0v) is 11.4. The summed E-state index contributed by atoms with van der Waals surface area (Å²) in [5.74, 6) is 0.132. The Hall–Kier alpha value is -0.830. The molecule has 0 saturated carbocycles. The van der Waals surface area contributed by atoms with Crippen molar-refractivity contribution in [2.24, 2.45) is 0 Å². The average Bonchev–Trinajstić information content (AvgIpc) is 2.38. The molecule has 0 atom stereocenters. The van der Waals surface area contributed by atoms with E-state index in [1.807, 2.05) is 33.9 Å². The molecule has 3 nitrogen and oxygen atoms in total. The van der Waals surface area contributed by atoms with Crippen molar-refractivity contribution in [3.63, 3.8) is 0 Å². The lowest BCUT2D eigenvalue weighted by Crippen LogP contribution is -2.29. The molecule has 0 spiro atoms. The fraction of sp³-hybridized carbons (Fsp3) is 0.786. The van der Waals surface area contributed by atoms with E-state index in [2.05, 4.69) is 4.90 Å². The Kier molecular flexibility index (Phi) is 3.06. The van der Waals surface area contributed by atoms with Crippen LogP contribution in [-0.2, 0) is 9.53 Å². The van der Waals surface area contributed by atoms with Crippen LogP contribution in [-0.4, -0.2) is 35.0 Å². The zero-order chi connectivity index (χ0) is 12.7. The van der Waals surface area contributed by atoms with Gasteiger partial charge in [0.15, 0.2) is 5.78 Å². The van der Waals surface area contributed by atoms with Gasteiger partial charge in [-0.25, -0.2) is 0 Å². The highest BCUT2D eigenvalue weighted by Crippen LogP contribution is 2.38. The van der Waals surface area contributed by atoms with Crippen molar-refractivity contribution in [2.45, 2.75) is 58.2 Å². The van der Waals surface area contributed by atoms with E-state index in [9.17, 15) is 4.79 Å². The third-order valence-electron chi connectivity index (χ3n) is 3.65. The number of ether oxygens (including phenoxy) is 1. The van der Waals surface area contributed by atoms with E-state index in [4.69, 9.17) is 4.74 Å². The molecule has 0 aromatic heterocycles. The van der Waals surface area contributed by atoms with Crippen LogP contribution in [0.5, 0.6) is 0 Å². The molecule has 2 aliphatic heterocycles. The summed E-state index contributed by atoms with van der Waals surface area (Å²) >= 11 is 0. The van der Waals surface area contributed by atoms with Crippen LogP contribution in [0.2, 0.25) is 0 Å². The number of likely N-dealkylation sites (tertiary alicyclic amines) is 1. The maximum atomic E-state index is 12.3. The molecule has 0 radical (unpaired) electrons. The molecule has 2 saturated heterocycles. The second-order valence-corrected chi connectivity index (χ2v) is 6.09. The minimum Gasteiger partial charge on any atom is -0.377 e. The van der Waals surface area contributed by atoms with Gasteiger partial charge < -0.3 is 9.64 Å². The first-order valence-electron chi connectivity index (χ1n) is 6.54. The van der Waals surface area contributed by atoms with Crippen molar-refractivity contribution in [1.82, 2.24) is 4.90 Å². The molecule has 2 aliphatic rings. The third-order valence-corrected chi connectivity index (χ3v) is 3.65. The van der Waals surface area contributed by atoms with E-state index in [1.54, 1.807) is 0 Å². The quantitative estimate of drug-likeness (QED) is 0.656. The fourth-order valence-electron chi connectivity index (χ4n) is 2.78. The molecule has 0 bridgehead atoms. The van der Waals surface area contributed by atoms with Gasteiger partial charge in [-0.3, -0.25) is 4.79 Å². The molecule has 0 amide bonds. The van der Waals surface area contributed by atoms with Crippen LogP contribution in [0, 0.1) is 0 Å². The molecule has 2 rings (SSSR count). The Bertz CT molecular complexity index is 349. The summed E-state index contributed by atoms with van der Waals surface area (Å²) in [6, 6.07) is 0. The summed E-state index contributed by atoms with van der Waals surface area (Å²) in [6.45, 7) is 9.80. The smallest absolute Gasteiger partial charge is 0.194 e. The molecule has 2 heterocycles. The first kappa shape index (κ1) is 12.6. The molecule has 17 heavy (non-hydrogen) atoms. The van der Waals surface area contributed by atoms with Crippen molar-refractivity contribution in [3.8, 4) is 0 Å². The van der Waals surface area contributed by atoms with Gasteiger partial charge in [0.05, 0.1) is 5.60 Å². The maximum absolute atomic E-state index is 12.3.